The van der Waals surface area contributed by atoms with E-state index < -0.39 is 24.3 Å². The second-order valence-corrected chi connectivity index (χ2v) is 3.01. The molecule has 1 rings (SSSR count). The average molecular weight is 206 g/mol. The third-order valence-corrected chi connectivity index (χ3v) is 1.90. The molecule has 1 aliphatic rings. The summed E-state index contributed by atoms with van der Waals surface area (Å²) in [6, 6.07) is 0. The summed E-state index contributed by atoms with van der Waals surface area (Å²) in [5.74, 6) is -2.36. The van der Waals surface area contributed by atoms with Gasteiger partial charge in [-0.05, 0) is 0 Å². The van der Waals surface area contributed by atoms with E-state index in [-0.39, 0.29) is 6.42 Å². The number of esters is 1. The maximum Gasteiger partial charge on any atom is 0.305 e. The van der Waals surface area contributed by atoms with Gasteiger partial charge in [-0.15, -0.1) is 0 Å². The van der Waals surface area contributed by atoms with Crippen molar-refractivity contribution in [3.8, 4) is 0 Å². The quantitative estimate of drug-likeness (QED) is 0.500. The molecule has 14 heavy (non-hydrogen) atoms. The molecule has 0 spiro atoms. The van der Waals surface area contributed by atoms with E-state index in [1.54, 1.807) is 0 Å². The zero-order valence-corrected chi connectivity index (χ0v) is 8.35. The average Bonchev–Trinajstić information content (AvgIpc) is 2.40. The van der Waals surface area contributed by atoms with Gasteiger partial charge in [-0.3, -0.25) is 4.79 Å². The smallest absolute Gasteiger partial charge is 0.305 e. The molecule has 0 aromatic rings. The van der Waals surface area contributed by atoms with Gasteiger partial charge in [-0.25, -0.2) is 0 Å². The molecule has 82 valence electrons. The summed E-state index contributed by atoms with van der Waals surface area (Å²) in [7, 11) is 2.77. The molecule has 1 unspecified atom stereocenters. The fourth-order valence-corrected chi connectivity index (χ4v) is 1.34. The predicted molar refractivity (Wildman–Crippen MR) is 44.0 cm³/mol. The van der Waals surface area contributed by atoms with Crippen LogP contribution in [0.3, 0.4) is 0 Å². The summed E-state index contributed by atoms with van der Waals surface area (Å²) in [4.78, 5) is 10.7. The third-order valence-electron chi connectivity index (χ3n) is 1.90. The number of hydrogen-bond acceptors (Lipinski definition) is 6. The highest BCUT2D eigenvalue weighted by Crippen LogP contribution is 2.32. The molecular formula is C8H14O6. The van der Waals surface area contributed by atoms with Crippen LogP contribution in [0.25, 0.3) is 0 Å². The summed E-state index contributed by atoms with van der Waals surface area (Å²) < 4.78 is 19.5. The Labute approximate surface area is 81.7 Å². The third kappa shape index (κ3) is 2.21. The van der Waals surface area contributed by atoms with Crippen LogP contribution in [-0.4, -0.2) is 43.7 Å². The zero-order chi connectivity index (χ0) is 10.8. The van der Waals surface area contributed by atoms with Crippen LogP contribution >= 0.6 is 0 Å². The fourth-order valence-electron chi connectivity index (χ4n) is 1.34. The first-order valence-corrected chi connectivity index (χ1v) is 4.15. The molecular weight excluding hydrogens is 192 g/mol. The molecule has 6 heteroatoms. The lowest BCUT2D eigenvalue weighted by Crippen LogP contribution is -2.43. The maximum atomic E-state index is 10.7. The van der Waals surface area contributed by atoms with Crippen molar-refractivity contribution in [3.05, 3.63) is 0 Å². The minimum absolute atomic E-state index is 0.0294. The Balaban J connectivity index is 2.69. The van der Waals surface area contributed by atoms with Crippen LogP contribution in [0.1, 0.15) is 13.3 Å². The Bertz CT molecular complexity index is 218. The van der Waals surface area contributed by atoms with Gasteiger partial charge in [0.25, 0.3) is 5.79 Å². The van der Waals surface area contributed by atoms with Gasteiger partial charge in [0.2, 0.25) is 6.29 Å². The van der Waals surface area contributed by atoms with E-state index in [4.69, 9.17) is 18.9 Å². The molecule has 3 atom stereocenters. The van der Waals surface area contributed by atoms with Crippen LogP contribution in [-0.2, 0) is 23.7 Å². The van der Waals surface area contributed by atoms with E-state index >= 15 is 0 Å². The molecule has 6 nitrogen and oxygen atoms in total. The van der Waals surface area contributed by atoms with Crippen molar-refractivity contribution in [2.75, 3.05) is 14.2 Å². The number of methoxy groups -OCH3 is 2. The van der Waals surface area contributed by atoms with Crippen molar-refractivity contribution in [3.63, 3.8) is 0 Å². The first kappa shape index (κ1) is 11.4. The van der Waals surface area contributed by atoms with Crippen LogP contribution in [0.4, 0.5) is 0 Å². The van der Waals surface area contributed by atoms with Crippen LogP contribution in [0, 0.1) is 0 Å². The zero-order valence-electron chi connectivity index (χ0n) is 8.35. The van der Waals surface area contributed by atoms with Gasteiger partial charge in [-0.1, -0.05) is 0 Å². The largest absolute Gasteiger partial charge is 0.428 e. The Kier molecular flexibility index (Phi) is 3.43. The highest BCUT2D eigenvalue weighted by molar-refractivity contribution is 5.66. The molecule has 1 heterocycles. The summed E-state index contributed by atoms with van der Waals surface area (Å²) in [6.07, 6.45) is -1.62. The van der Waals surface area contributed by atoms with Crippen LogP contribution in [0.5, 0.6) is 0 Å². The molecule has 0 saturated carbocycles. The highest BCUT2D eigenvalue weighted by Gasteiger charge is 2.51. The second-order valence-electron chi connectivity index (χ2n) is 3.01. The van der Waals surface area contributed by atoms with Crippen LogP contribution in [0.15, 0.2) is 0 Å². The maximum absolute atomic E-state index is 10.7. The first-order valence-electron chi connectivity index (χ1n) is 4.15. The minimum atomic E-state index is -1.76. The number of hydrogen-bond donors (Lipinski definition) is 1. The number of rotatable bonds is 3. The van der Waals surface area contributed by atoms with Crippen molar-refractivity contribution in [2.45, 2.75) is 31.7 Å². The number of ether oxygens (including phenoxy) is 4. The monoisotopic (exact) mass is 206 g/mol. The van der Waals surface area contributed by atoms with Crippen LogP contribution < -0.4 is 0 Å². The normalized spacial score (nSPS) is 37.1. The summed E-state index contributed by atoms with van der Waals surface area (Å²) >= 11 is 0. The van der Waals surface area contributed by atoms with Gasteiger partial charge in [-0.2, -0.15) is 0 Å². The van der Waals surface area contributed by atoms with Gasteiger partial charge in [0, 0.05) is 21.1 Å². The molecule has 0 bridgehead atoms. The van der Waals surface area contributed by atoms with E-state index in [1.807, 2.05) is 0 Å². The molecule has 1 aliphatic heterocycles. The molecule has 0 radical (unpaired) electrons. The van der Waals surface area contributed by atoms with Gasteiger partial charge < -0.3 is 24.1 Å². The molecule has 1 fully saturated rings. The van der Waals surface area contributed by atoms with Gasteiger partial charge in [0.15, 0.2) is 6.29 Å². The fraction of sp³-hybridized carbons (Fsp3) is 0.875. The summed E-state index contributed by atoms with van der Waals surface area (Å²) in [6.45, 7) is 1.20. The predicted octanol–water partition coefficient (Wildman–Crippen LogP) is -0.397. The van der Waals surface area contributed by atoms with Gasteiger partial charge >= 0.3 is 5.97 Å². The Morgan fingerprint density at radius 1 is 1.50 bits per heavy atom. The van der Waals surface area contributed by atoms with Crippen molar-refractivity contribution < 1.29 is 28.8 Å². The van der Waals surface area contributed by atoms with E-state index in [2.05, 4.69) is 0 Å². The second kappa shape index (κ2) is 4.22. The number of aliphatic hydroxyl groups is 1. The molecule has 1 saturated heterocycles. The van der Waals surface area contributed by atoms with E-state index in [0.29, 0.717) is 0 Å². The highest BCUT2D eigenvalue weighted by atomic mass is 16.8. The van der Waals surface area contributed by atoms with Crippen LogP contribution in [0.2, 0.25) is 0 Å². The van der Waals surface area contributed by atoms with Crippen molar-refractivity contribution in [1.29, 1.82) is 0 Å². The van der Waals surface area contributed by atoms with E-state index in [9.17, 15) is 9.90 Å². The Hall–Kier alpha value is -0.690. The number of carbonyl (C=O) groups excluding carboxylic acids is 1. The van der Waals surface area contributed by atoms with Crippen molar-refractivity contribution >= 4 is 5.97 Å². The summed E-state index contributed by atoms with van der Waals surface area (Å²) in [5.41, 5.74) is 0. The van der Waals surface area contributed by atoms with Gasteiger partial charge in [0.05, 0.1) is 6.42 Å². The van der Waals surface area contributed by atoms with E-state index in [1.165, 1.54) is 21.1 Å². The lowest BCUT2D eigenvalue weighted by molar-refractivity contribution is -0.286. The Morgan fingerprint density at radius 3 is 2.57 bits per heavy atom. The molecule has 1 N–H and O–H groups in total. The summed E-state index contributed by atoms with van der Waals surface area (Å²) in [5, 5.41) is 9.85. The Morgan fingerprint density at radius 2 is 2.14 bits per heavy atom. The lowest BCUT2D eigenvalue weighted by atomic mass is 10.2. The SMILES string of the molecule is COC1C[C@](O)(OC(C)=O)[C@H](OC)O1. The first-order chi connectivity index (χ1) is 6.51. The van der Waals surface area contributed by atoms with Gasteiger partial charge in [0.1, 0.15) is 0 Å². The molecule has 0 aromatic heterocycles. The topological polar surface area (TPSA) is 74.2 Å². The molecule has 0 aromatic carbocycles. The minimum Gasteiger partial charge on any atom is -0.428 e. The van der Waals surface area contributed by atoms with E-state index in [0.717, 1.165) is 0 Å². The molecule has 0 amide bonds. The number of carbonyl (C=O) groups is 1. The molecule has 0 aliphatic carbocycles. The van der Waals surface area contributed by atoms with Crippen molar-refractivity contribution in [2.24, 2.45) is 0 Å². The van der Waals surface area contributed by atoms with Crippen molar-refractivity contribution in [1.82, 2.24) is 0 Å². The standard InChI is InChI=1S/C8H14O6/c1-5(9)14-8(10)4-6(11-2)13-7(8)12-3/h6-7,10H,4H2,1-3H3/t6?,7-,8+/m1/s1. The lowest BCUT2D eigenvalue weighted by Gasteiger charge is -2.25.